The van der Waals surface area contributed by atoms with Gasteiger partial charge in [0.25, 0.3) is 5.91 Å². The second kappa shape index (κ2) is 8.93. The van der Waals surface area contributed by atoms with Gasteiger partial charge in [-0.15, -0.1) is 0 Å². The standard InChI is InChI=1S/C23H20FN3O5/c1-30-16-7-4-14(5-8-16)19-12-20(21-3-2-10-31-21)27(26-19)22(28)13-32-23(29)17-9-6-15(24)11-18(17)25/h2-11,20H,12-13,25H2,1H3. The number of nitrogens with two attached hydrogens (primary N) is 1. The van der Waals surface area contributed by atoms with Crippen LogP contribution in [0.5, 0.6) is 5.75 Å². The summed E-state index contributed by atoms with van der Waals surface area (Å²) in [6.45, 7) is -0.563. The Balaban J connectivity index is 1.51. The smallest absolute Gasteiger partial charge is 0.340 e. The highest BCUT2D eigenvalue weighted by Gasteiger charge is 2.35. The number of halogens is 1. The summed E-state index contributed by atoms with van der Waals surface area (Å²) in [4.78, 5) is 25.2. The van der Waals surface area contributed by atoms with Gasteiger partial charge < -0.3 is 19.6 Å². The molecule has 0 spiro atoms. The molecule has 1 atom stereocenters. The van der Waals surface area contributed by atoms with Crippen LogP contribution in [-0.2, 0) is 9.53 Å². The maximum Gasteiger partial charge on any atom is 0.340 e. The maximum absolute atomic E-state index is 13.2. The van der Waals surface area contributed by atoms with Crippen LogP contribution < -0.4 is 10.5 Å². The summed E-state index contributed by atoms with van der Waals surface area (Å²) >= 11 is 0. The van der Waals surface area contributed by atoms with Crippen molar-refractivity contribution in [3.63, 3.8) is 0 Å². The summed E-state index contributed by atoms with van der Waals surface area (Å²) in [5.74, 6) is -0.684. The third-order valence-corrected chi connectivity index (χ3v) is 5.02. The fourth-order valence-electron chi connectivity index (χ4n) is 3.39. The highest BCUT2D eigenvalue weighted by molar-refractivity contribution is 6.03. The summed E-state index contributed by atoms with van der Waals surface area (Å²) in [6.07, 6.45) is 1.94. The largest absolute Gasteiger partial charge is 0.497 e. The van der Waals surface area contributed by atoms with Gasteiger partial charge in [-0.25, -0.2) is 14.2 Å². The molecule has 1 amide bonds. The number of esters is 1. The Morgan fingerprint density at radius 2 is 2.00 bits per heavy atom. The number of hydrazone groups is 1. The van der Waals surface area contributed by atoms with Crippen molar-refractivity contribution in [1.82, 2.24) is 5.01 Å². The molecule has 0 radical (unpaired) electrons. The Bertz CT molecular complexity index is 1160. The zero-order valence-corrected chi connectivity index (χ0v) is 17.2. The average Bonchev–Trinajstić information content (AvgIpc) is 3.47. The first-order chi connectivity index (χ1) is 15.5. The number of ether oxygens (including phenoxy) is 2. The second-order valence-electron chi connectivity index (χ2n) is 7.06. The van der Waals surface area contributed by atoms with Gasteiger partial charge in [0, 0.05) is 12.1 Å². The van der Waals surface area contributed by atoms with E-state index >= 15 is 0 Å². The van der Waals surface area contributed by atoms with Crippen molar-refractivity contribution in [3.05, 3.63) is 83.6 Å². The Morgan fingerprint density at radius 1 is 1.22 bits per heavy atom. The molecule has 3 aromatic rings. The second-order valence-corrected chi connectivity index (χ2v) is 7.06. The highest BCUT2D eigenvalue weighted by Crippen LogP contribution is 2.33. The van der Waals surface area contributed by atoms with Crippen molar-refractivity contribution in [1.29, 1.82) is 0 Å². The number of anilines is 1. The zero-order chi connectivity index (χ0) is 22.7. The molecule has 2 N–H and O–H groups in total. The van der Waals surface area contributed by atoms with E-state index in [9.17, 15) is 14.0 Å². The van der Waals surface area contributed by atoms with Crippen LogP contribution >= 0.6 is 0 Å². The lowest BCUT2D eigenvalue weighted by Crippen LogP contribution is -2.31. The van der Waals surface area contributed by atoms with E-state index in [1.807, 2.05) is 12.1 Å². The van der Waals surface area contributed by atoms with Gasteiger partial charge in [0.05, 0.1) is 24.6 Å². The summed E-state index contributed by atoms with van der Waals surface area (Å²) in [6, 6.07) is 13.6. The topological polar surface area (TPSA) is 107 Å². The number of furan rings is 1. The van der Waals surface area contributed by atoms with E-state index in [4.69, 9.17) is 19.6 Å². The summed E-state index contributed by atoms with van der Waals surface area (Å²) in [5.41, 5.74) is 7.07. The minimum atomic E-state index is -0.830. The molecular weight excluding hydrogens is 417 g/mol. The van der Waals surface area contributed by atoms with Gasteiger partial charge in [0.1, 0.15) is 23.4 Å². The lowest BCUT2D eigenvalue weighted by molar-refractivity contribution is -0.136. The van der Waals surface area contributed by atoms with Crippen LogP contribution in [0.2, 0.25) is 0 Å². The maximum atomic E-state index is 13.2. The van der Waals surface area contributed by atoms with E-state index in [0.717, 1.165) is 17.7 Å². The van der Waals surface area contributed by atoms with E-state index in [-0.39, 0.29) is 11.3 Å². The van der Waals surface area contributed by atoms with Crippen LogP contribution in [-0.4, -0.2) is 36.3 Å². The number of rotatable bonds is 6. The molecule has 0 saturated carbocycles. The van der Waals surface area contributed by atoms with Gasteiger partial charge in [0.2, 0.25) is 0 Å². The summed E-state index contributed by atoms with van der Waals surface area (Å²) in [7, 11) is 1.58. The Hall–Kier alpha value is -4.14. The predicted octanol–water partition coefficient (Wildman–Crippen LogP) is 3.54. The van der Waals surface area contributed by atoms with Crippen molar-refractivity contribution in [2.75, 3.05) is 19.5 Å². The van der Waals surface area contributed by atoms with Crippen molar-refractivity contribution in [2.24, 2.45) is 5.10 Å². The molecule has 1 unspecified atom stereocenters. The molecule has 9 heteroatoms. The monoisotopic (exact) mass is 437 g/mol. The Labute approximate surface area is 183 Å². The molecule has 0 bridgehead atoms. The van der Waals surface area contributed by atoms with Crippen LogP contribution in [0.4, 0.5) is 10.1 Å². The number of nitrogen functional groups attached to an aromatic ring is 1. The number of carbonyl (C=O) groups excluding carboxylic acids is 2. The van der Waals surface area contributed by atoms with Crippen molar-refractivity contribution in [2.45, 2.75) is 12.5 Å². The van der Waals surface area contributed by atoms with Crippen LogP contribution in [0.15, 0.2) is 70.4 Å². The molecule has 1 aliphatic heterocycles. The molecule has 164 valence electrons. The first-order valence-corrected chi connectivity index (χ1v) is 9.76. The predicted molar refractivity (Wildman–Crippen MR) is 114 cm³/mol. The van der Waals surface area contributed by atoms with Gasteiger partial charge in [-0.3, -0.25) is 4.79 Å². The summed E-state index contributed by atoms with van der Waals surface area (Å²) < 4.78 is 29.0. The fourth-order valence-corrected chi connectivity index (χ4v) is 3.39. The summed E-state index contributed by atoms with van der Waals surface area (Å²) in [5, 5.41) is 5.71. The first-order valence-electron chi connectivity index (χ1n) is 9.76. The lowest BCUT2D eigenvalue weighted by atomic mass is 10.0. The minimum Gasteiger partial charge on any atom is -0.497 e. The fraction of sp³-hybridized carbons (Fsp3) is 0.174. The van der Waals surface area contributed by atoms with Crippen molar-refractivity contribution >= 4 is 23.3 Å². The van der Waals surface area contributed by atoms with E-state index < -0.39 is 30.3 Å². The van der Waals surface area contributed by atoms with Crippen LogP contribution in [0, 0.1) is 5.82 Å². The van der Waals surface area contributed by atoms with Crippen molar-refractivity contribution < 1.29 is 27.9 Å². The van der Waals surface area contributed by atoms with Gasteiger partial charge >= 0.3 is 5.97 Å². The molecule has 32 heavy (non-hydrogen) atoms. The van der Waals surface area contributed by atoms with Crippen molar-refractivity contribution in [3.8, 4) is 5.75 Å². The number of carbonyl (C=O) groups is 2. The molecule has 0 saturated heterocycles. The van der Waals surface area contributed by atoms with Gasteiger partial charge in [-0.2, -0.15) is 5.10 Å². The normalized spacial score (nSPS) is 15.4. The Kier molecular flexibility index (Phi) is 5.89. The highest BCUT2D eigenvalue weighted by atomic mass is 19.1. The van der Waals surface area contributed by atoms with E-state index in [2.05, 4.69) is 5.10 Å². The average molecular weight is 437 g/mol. The quantitative estimate of drug-likeness (QED) is 0.467. The third kappa shape index (κ3) is 4.31. The zero-order valence-electron chi connectivity index (χ0n) is 17.2. The lowest BCUT2D eigenvalue weighted by Gasteiger charge is -2.19. The van der Waals surface area contributed by atoms with Gasteiger partial charge in [0.15, 0.2) is 6.61 Å². The van der Waals surface area contributed by atoms with E-state index in [1.165, 1.54) is 17.3 Å². The van der Waals surface area contributed by atoms with Gasteiger partial charge in [-0.05, 0) is 60.2 Å². The van der Waals surface area contributed by atoms with Crippen LogP contribution in [0.3, 0.4) is 0 Å². The first kappa shape index (κ1) is 21.1. The van der Waals surface area contributed by atoms with Crippen LogP contribution in [0.25, 0.3) is 0 Å². The molecule has 4 rings (SSSR count). The van der Waals surface area contributed by atoms with E-state index in [1.54, 1.807) is 31.4 Å². The Morgan fingerprint density at radius 3 is 2.66 bits per heavy atom. The third-order valence-electron chi connectivity index (χ3n) is 5.02. The van der Waals surface area contributed by atoms with Crippen LogP contribution in [0.1, 0.15) is 34.1 Å². The number of methoxy groups -OCH3 is 1. The molecular formula is C23H20FN3O5. The molecule has 2 aromatic carbocycles. The minimum absolute atomic E-state index is 0.0226. The SMILES string of the molecule is COc1ccc(C2=NN(C(=O)COC(=O)c3ccc(F)cc3N)C(c3ccco3)C2)cc1. The van der Waals surface area contributed by atoms with E-state index in [0.29, 0.717) is 23.6 Å². The number of benzene rings is 2. The molecule has 1 aromatic heterocycles. The molecule has 0 fully saturated rings. The molecule has 2 heterocycles. The van der Waals surface area contributed by atoms with Gasteiger partial charge in [-0.1, -0.05) is 0 Å². The molecule has 0 aliphatic carbocycles. The molecule has 1 aliphatic rings. The number of nitrogens with zero attached hydrogens (tertiary/aromatic N) is 2. The number of hydrogen-bond donors (Lipinski definition) is 1. The molecule has 8 nitrogen and oxygen atoms in total. The number of amides is 1. The number of hydrogen-bond acceptors (Lipinski definition) is 7.